The van der Waals surface area contributed by atoms with Crippen molar-refractivity contribution in [1.82, 2.24) is 9.38 Å². The molecule has 0 aliphatic heterocycles. The van der Waals surface area contributed by atoms with Gasteiger partial charge in [0, 0.05) is 11.9 Å². The first-order valence-corrected chi connectivity index (χ1v) is 5.08. The standard InChI is InChI=1S/C12H11N3O/c13-6-9-7-14-11-5-4-8-2-1-3-10(16)12(8)15(9)11/h1-5,7,16H,6,13H2. The van der Waals surface area contributed by atoms with Gasteiger partial charge in [-0.15, -0.1) is 0 Å². The summed E-state index contributed by atoms with van der Waals surface area (Å²) < 4.78 is 1.89. The van der Waals surface area contributed by atoms with Crippen LogP contribution < -0.4 is 5.73 Å². The van der Waals surface area contributed by atoms with Gasteiger partial charge in [0.2, 0.25) is 0 Å². The second-order valence-corrected chi connectivity index (χ2v) is 3.70. The van der Waals surface area contributed by atoms with E-state index in [2.05, 4.69) is 4.98 Å². The lowest BCUT2D eigenvalue weighted by atomic mass is 10.2. The number of nitrogens with zero attached hydrogens (tertiary/aromatic N) is 2. The number of phenols is 1. The largest absolute Gasteiger partial charge is 0.506 e. The van der Waals surface area contributed by atoms with E-state index < -0.39 is 0 Å². The minimum Gasteiger partial charge on any atom is -0.506 e. The van der Waals surface area contributed by atoms with E-state index in [-0.39, 0.29) is 5.75 Å². The van der Waals surface area contributed by atoms with E-state index in [4.69, 9.17) is 5.73 Å². The maximum atomic E-state index is 9.92. The third-order valence-corrected chi connectivity index (χ3v) is 2.75. The Bertz CT molecular complexity index is 672. The molecule has 0 bridgehead atoms. The number of fused-ring (bicyclic) bond motifs is 3. The first kappa shape index (κ1) is 9.18. The van der Waals surface area contributed by atoms with Crippen molar-refractivity contribution in [2.45, 2.75) is 6.54 Å². The highest BCUT2D eigenvalue weighted by Crippen LogP contribution is 2.26. The number of phenolic OH excluding ortho intramolecular Hbond substituents is 1. The lowest BCUT2D eigenvalue weighted by Gasteiger charge is -2.06. The number of aromatic hydroxyl groups is 1. The van der Waals surface area contributed by atoms with E-state index in [0.717, 1.165) is 22.2 Å². The number of hydrogen-bond acceptors (Lipinski definition) is 3. The van der Waals surface area contributed by atoms with Crippen molar-refractivity contribution in [2.75, 3.05) is 0 Å². The Kier molecular flexibility index (Phi) is 1.84. The van der Waals surface area contributed by atoms with Gasteiger partial charge in [0.25, 0.3) is 0 Å². The maximum Gasteiger partial charge on any atom is 0.140 e. The Morgan fingerprint density at radius 1 is 1.25 bits per heavy atom. The summed E-state index contributed by atoms with van der Waals surface area (Å²) in [6.07, 6.45) is 1.74. The first-order chi connectivity index (χ1) is 7.81. The fourth-order valence-electron chi connectivity index (χ4n) is 2.01. The molecule has 0 amide bonds. The van der Waals surface area contributed by atoms with Gasteiger partial charge in [0.05, 0.1) is 17.4 Å². The van der Waals surface area contributed by atoms with Crippen LogP contribution in [0.2, 0.25) is 0 Å². The van der Waals surface area contributed by atoms with Gasteiger partial charge < -0.3 is 10.8 Å². The van der Waals surface area contributed by atoms with Crippen molar-refractivity contribution in [1.29, 1.82) is 0 Å². The molecular weight excluding hydrogens is 202 g/mol. The zero-order chi connectivity index (χ0) is 11.1. The SMILES string of the molecule is NCc1cnc2ccc3cccc(O)c3n12. The Morgan fingerprint density at radius 2 is 2.12 bits per heavy atom. The van der Waals surface area contributed by atoms with Crippen molar-refractivity contribution in [3.05, 3.63) is 42.2 Å². The van der Waals surface area contributed by atoms with Crippen LogP contribution in [0.5, 0.6) is 5.75 Å². The highest BCUT2D eigenvalue weighted by molar-refractivity contribution is 5.87. The molecule has 2 aromatic heterocycles. The van der Waals surface area contributed by atoms with E-state index in [1.165, 1.54) is 0 Å². The number of rotatable bonds is 1. The molecule has 3 aromatic rings. The zero-order valence-corrected chi connectivity index (χ0v) is 8.59. The fourth-order valence-corrected chi connectivity index (χ4v) is 2.01. The predicted octanol–water partition coefficient (Wildman–Crippen LogP) is 1.65. The van der Waals surface area contributed by atoms with E-state index in [0.29, 0.717) is 6.54 Å². The molecular formula is C12H11N3O. The summed E-state index contributed by atoms with van der Waals surface area (Å²) in [6.45, 7) is 0.397. The Balaban J connectivity index is 2.60. The molecule has 0 unspecified atom stereocenters. The monoisotopic (exact) mass is 213 g/mol. The van der Waals surface area contributed by atoms with Crippen LogP contribution in [0, 0.1) is 0 Å². The minimum atomic E-state index is 0.246. The molecule has 0 saturated carbocycles. The van der Waals surface area contributed by atoms with Crippen molar-refractivity contribution < 1.29 is 5.11 Å². The molecule has 1 aromatic carbocycles. The van der Waals surface area contributed by atoms with Gasteiger partial charge in [-0.05, 0) is 18.2 Å². The van der Waals surface area contributed by atoms with Crippen LogP contribution >= 0.6 is 0 Å². The van der Waals surface area contributed by atoms with E-state index >= 15 is 0 Å². The Labute approximate surface area is 91.9 Å². The number of pyridine rings is 1. The van der Waals surface area contributed by atoms with Crippen molar-refractivity contribution in [3.8, 4) is 5.75 Å². The van der Waals surface area contributed by atoms with Crippen LogP contribution in [0.15, 0.2) is 36.5 Å². The molecule has 16 heavy (non-hydrogen) atoms. The molecule has 0 spiro atoms. The average molecular weight is 213 g/mol. The molecule has 3 rings (SSSR count). The summed E-state index contributed by atoms with van der Waals surface area (Å²) in [4.78, 5) is 4.25. The van der Waals surface area contributed by atoms with Crippen LogP contribution in [-0.2, 0) is 6.54 Å². The number of aromatic nitrogens is 2. The molecule has 0 saturated heterocycles. The van der Waals surface area contributed by atoms with E-state index in [1.54, 1.807) is 12.3 Å². The normalized spacial score (nSPS) is 11.3. The summed E-state index contributed by atoms with van der Waals surface area (Å²) in [7, 11) is 0. The van der Waals surface area contributed by atoms with Crippen molar-refractivity contribution in [3.63, 3.8) is 0 Å². The van der Waals surface area contributed by atoms with Crippen LogP contribution in [-0.4, -0.2) is 14.5 Å². The van der Waals surface area contributed by atoms with Crippen LogP contribution in [0.25, 0.3) is 16.6 Å². The Hall–Kier alpha value is -2.07. The lowest BCUT2D eigenvalue weighted by Crippen LogP contribution is -2.01. The fraction of sp³-hybridized carbons (Fsp3) is 0.0833. The third-order valence-electron chi connectivity index (χ3n) is 2.75. The van der Waals surface area contributed by atoms with Gasteiger partial charge in [-0.2, -0.15) is 0 Å². The molecule has 3 N–H and O–H groups in total. The second-order valence-electron chi connectivity index (χ2n) is 3.70. The van der Waals surface area contributed by atoms with Gasteiger partial charge in [0.1, 0.15) is 11.4 Å². The minimum absolute atomic E-state index is 0.246. The van der Waals surface area contributed by atoms with Gasteiger partial charge in [-0.25, -0.2) is 4.98 Å². The number of imidazole rings is 1. The molecule has 0 aliphatic rings. The summed E-state index contributed by atoms with van der Waals surface area (Å²) in [6, 6.07) is 9.30. The summed E-state index contributed by atoms with van der Waals surface area (Å²) in [5.41, 5.74) is 8.11. The highest BCUT2D eigenvalue weighted by atomic mass is 16.3. The lowest BCUT2D eigenvalue weighted by molar-refractivity contribution is 0.479. The predicted molar refractivity (Wildman–Crippen MR) is 62.3 cm³/mol. The van der Waals surface area contributed by atoms with Crippen molar-refractivity contribution in [2.24, 2.45) is 5.73 Å². The Morgan fingerprint density at radius 3 is 2.94 bits per heavy atom. The van der Waals surface area contributed by atoms with Gasteiger partial charge in [-0.3, -0.25) is 4.40 Å². The quantitative estimate of drug-likeness (QED) is 0.646. The molecule has 2 heterocycles. The maximum absolute atomic E-state index is 9.92. The summed E-state index contributed by atoms with van der Waals surface area (Å²) >= 11 is 0. The van der Waals surface area contributed by atoms with Crippen LogP contribution in [0.1, 0.15) is 5.69 Å². The molecule has 0 aliphatic carbocycles. The second kappa shape index (κ2) is 3.21. The smallest absolute Gasteiger partial charge is 0.140 e. The molecule has 4 heteroatoms. The summed E-state index contributed by atoms with van der Waals surface area (Å²) in [5, 5.41) is 10.9. The zero-order valence-electron chi connectivity index (χ0n) is 8.59. The van der Waals surface area contributed by atoms with Gasteiger partial charge in [-0.1, -0.05) is 12.1 Å². The van der Waals surface area contributed by atoms with Crippen LogP contribution in [0.3, 0.4) is 0 Å². The number of para-hydroxylation sites is 1. The van der Waals surface area contributed by atoms with Crippen molar-refractivity contribution >= 4 is 16.6 Å². The number of hydrogen-bond donors (Lipinski definition) is 2. The first-order valence-electron chi connectivity index (χ1n) is 5.08. The summed E-state index contributed by atoms with van der Waals surface area (Å²) in [5.74, 6) is 0.246. The van der Waals surface area contributed by atoms with E-state index in [1.807, 2.05) is 28.7 Å². The van der Waals surface area contributed by atoms with Gasteiger partial charge >= 0.3 is 0 Å². The molecule has 0 radical (unpaired) electrons. The average Bonchev–Trinajstić information content (AvgIpc) is 2.72. The molecule has 0 atom stereocenters. The molecule has 80 valence electrons. The van der Waals surface area contributed by atoms with E-state index in [9.17, 15) is 5.11 Å². The highest BCUT2D eigenvalue weighted by Gasteiger charge is 2.08. The topological polar surface area (TPSA) is 63.5 Å². The third kappa shape index (κ3) is 1.10. The van der Waals surface area contributed by atoms with Crippen LogP contribution in [0.4, 0.5) is 0 Å². The molecule has 0 fully saturated rings. The van der Waals surface area contributed by atoms with Gasteiger partial charge in [0.15, 0.2) is 0 Å². The number of benzene rings is 1. The molecule has 4 nitrogen and oxygen atoms in total. The number of nitrogens with two attached hydrogens (primary N) is 1.